The number of aliphatic hydroxyl groups excluding tert-OH is 5. The maximum absolute atomic E-state index is 10.1. The van der Waals surface area contributed by atoms with Crippen LogP contribution in [0.25, 0.3) is 0 Å². The molecule has 13 heavy (non-hydrogen) atoms. The molecule has 7 heteroatoms. The minimum atomic E-state index is -2.20. The molecule has 0 saturated heterocycles. The van der Waals surface area contributed by atoms with Gasteiger partial charge in [0.2, 0.25) is 0 Å². The lowest BCUT2D eigenvalue weighted by atomic mass is 10.0. The molecule has 0 aliphatic rings. The molecule has 0 saturated carbocycles. The van der Waals surface area contributed by atoms with Crippen LogP contribution in [0.3, 0.4) is 0 Å². The molecule has 0 aromatic carbocycles. The summed E-state index contributed by atoms with van der Waals surface area (Å²) in [6.45, 7) is -0.843. The van der Waals surface area contributed by atoms with Crippen LogP contribution in [0.15, 0.2) is 0 Å². The summed E-state index contributed by atoms with van der Waals surface area (Å²) >= 11 is 0. The van der Waals surface area contributed by atoms with E-state index in [2.05, 4.69) is 0 Å². The van der Waals surface area contributed by atoms with Gasteiger partial charge in [0, 0.05) is 0 Å². The van der Waals surface area contributed by atoms with Gasteiger partial charge in [0.25, 0.3) is 0 Å². The molecule has 0 radical (unpaired) electrons. The van der Waals surface area contributed by atoms with Crippen molar-refractivity contribution in [1.29, 1.82) is 0 Å². The van der Waals surface area contributed by atoms with E-state index in [0.29, 0.717) is 0 Å². The number of hydrogen-bond donors (Lipinski definition) is 6. The van der Waals surface area contributed by atoms with Gasteiger partial charge >= 0.3 is 5.97 Å². The maximum atomic E-state index is 10.1. The number of carboxylic acid groups (broad SMARTS) is 1. The Bertz CT molecular complexity index is 170. The minimum Gasteiger partial charge on any atom is -0.479 e. The molecule has 0 aliphatic heterocycles. The number of aliphatic hydroxyl groups is 5. The van der Waals surface area contributed by atoms with E-state index in [4.69, 9.17) is 30.6 Å². The quantitative estimate of drug-likeness (QED) is 0.268. The Balaban J connectivity index is 4.24. The van der Waals surface area contributed by atoms with Crippen LogP contribution in [-0.2, 0) is 4.79 Å². The third kappa shape index (κ3) is 3.25. The molecule has 4 atom stereocenters. The first-order valence-electron chi connectivity index (χ1n) is 3.47. The first-order chi connectivity index (χ1) is 5.91. The Labute approximate surface area is 73.5 Å². The van der Waals surface area contributed by atoms with Crippen LogP contribution < -0.4 is 0 Å². The second-order valence-corrected chi connectivity index (χ2v) is 2.51. The van der Waals surface area contributed by atoms with Gasteiger partial charge in [-0.05, 0) is 0 Å². The molecule has 78 valence electrons. The number of aliphatic carboxylic acids is 1. The summed E-state index contributed by atoms with van der Waals surface area (Å²) in [5.74, 6) is -1.73. The van der Waals surface area contributed by atoms with Crippen molar-refractivity contribution < 1.29 is 35.4 Å². The fraction of sp³-hybridized carbons (Fsp3) is 0.833. The zero-order valence-electron chi connectivity index (χ0n) is 6.61. The second kappa shape index (κ2) is 5.10. The van der Waals surface area contributed by atoms with Crippen molar-refractivity contribution in [2.24, 2.45) is 0 Å². The third-order valence-electron chi connectivity index (χ3n) is 1.51. The van der Waals surface area contributed by atoms with Crippen LogP contribution in [0.4, 0.5) is 0 Å². The van der Waals surface area contributed by atoms with Gasteiger partial charge in [-0.25, -0.2) is 4.79 Å². The number of carbonyl (C=O) groups is 1. The van der Waals surface area contributed by atoms with Crippen molar-refractivity contribution in [2.75, 3.05) is 6.61 Å². The predicted molar refractivity (Wildman–Crippen MR) is 38.7 cm³/mol. The summed E-state index contributed by atoms with van der Waals surface area (Å²) in [4.78, 5) is 10.1. The van der Waals surface area contributed by atoms with E-state index >= 15 is 0 Å². The number of rotatable bonds is 5. The molecule has 0 aromatic heterocycles. The smallest absolute Gasteiger partial charge is 0.335 e. The van der Waals surface area contributed by atoms with E-state index in [9.17, 15) is 4.79 Å². The van der Waals surface area contributed by atoms with E-state index in [1.165, 1.54) is 0 Å². The van der Waals surface area contributed by atoms with Gasteiger partial charge in [-0.2, -0.15) is 0 Å². The maximum Gasteiger partial charge on any atom is 0.335 e. The van der Waals surface area contributed by atoms with Gasteiger partial charge in [0.05, 0.1) is 6.61 Å². The van der Waals surface area contributed by atoms with E-state index in [-0.39, 0.29) is 0 Å². The summed E-state index contributed by atoms with van der Waals surface area (Å²) in [5, 5.41) is 51.8. The van der Waals surface area contributed by atoms with Gasteiger partial charge in [-0.1, -0.05) is 0 Å². The van der Waals surface area contributed by atoms with E-state index in [0.717, 1.165) is 0 Å². The van der Waals surface area contributed by atoms with Gasteiger partial charge < -0.3 is 30.6 Å². The van der Waals surface area contributed by atoms with E-state index in [1.54, 1.807) is 0 Å². The molecule has 0 aromatic rings. The van der Waals surface area contributed by atoms with Gasteiger partial charge in [-0.3, -0.25) is 0 Å². The van der Waals surface area contributed by atoms with E-state index < -0.39 is 37.0 Å². The fourth-order valence-electron chi connectivity index (χ4n) is 0.668. The molecular weight excluding hydrogens is 184 g/mol. The highest BCUT2D eigenvalue weighted by molar-refractivity contribution is 5.72. The zero-order chi connectivity index (χ0) is 10.6. The number of hydrogen-bond acceptors (Lipinski definition) is 6. The first-order valence-corrected chi connectivity index (χ1v) is 3.47. The SMILES string of the molecule is O=C(O)[C@H](O)[C@H](O)[C@H](O)[C@H](O)CO. The minimum absolute atomic E-state index is 0.843. The topological polar surface area (TPSA) is 138 Å². The summed E-state index contributed by atoms with van der Waals surface area (Å²) in [6.07, 6.45) is -7.84. The van der Waals surface area contributed by atoms with Crippen LogP contribution in [0.5, 0.6) is 0 Å². The molecule has 0 heterocycles. The Morgan fingerprint density at radius 2 is 1.54 bits per heavy atom. The molecule has 7 nitrogen and oxygen atoms in total. The highest BCUT2D eigenvalue weighted by atomic mass is 16.4. The average molecular weight is 196 g/mol. The van der Waals surface area contributed by atoms with E-state index in [1.807, 2.05) is 0 Å². The average Bonchev–Trinajstić information content (AvgIpc) is 2.12. The largest absolute Gasteiger partial charge is 0.479 e. The van der Waals surface area contributed by atoms with Crippen molar-refractivity contribution in [3.8, 4) is 0 Å². The van der Waals surface area contributed by atoms with Crippen molar-refractivity contribution in [2.45, 2.75) is 24.4 Å². The fourth-order valence-corrected chi connectivity index (χ4v) is 0.668. The van der Waals surface area contributed by atoms with Crippen LogP contribution in [0.2, 0.25) is 0 Å². The summed E-state index contributed by atoms with van der Waals surface area (Å²) < 4.78 is 0. The third-order valence-corrected chi connectivity index (χ3v) is 1.51. The molecule has 0 aliphatic carbocycles. The summed E-state index contributed by atoms with van der Waals surface area (Å²) in [5.41, 5.74) is 0. The summed E-state index contributed by atoms with van der Waals surface area (Å²) in [6, 6.07) is 0. The lowest BCUT2D eigenvalue weighted by Gasteiger charge is -2.23. The molecule has 0 spiro atoms. The van der Waals surface area contributed by atoms with Crippen molar-refractivity contribution in [3.05, 3.63) is 0 Å². The van der Waals surface area contributed by atoms with Crippen LogP contribution >= 0.6 is 0 Å². The Kier molecular flexibility index (Phi) is 4.81. The monoisotopic (exact) mass is 196 g/mol. The van der Waals surface area contributed by atoms with Crippen LogP contribution in [0, 0.1) is 0 Å². The second-order valence-electron chi connectivity index (χ2n) is 2.51. The Morgan fingerprint density at radius 1 is 1.08 bits per heavy atom. The van der Waals surface area contributed by atoms with Crippen molar-refractivity contribution in [1.82, 2.24) is 0 Å². The molecule has 6 N–H and O–H groups in total. The number of carboxylic acids is 1. The van der Waals surface area contributed by atoms with Crippen LogP contribution in [0.1, 0.15) is 0 Å². The molecule has 0 unspecified atom stereocenters. The normalized spacial score (nSPS) is 20.4. The molecule has 0 fully saturated rings. The first kappa shape index (κ1) is 12.3. The Hall–Kier alpha value is -0.730. The molecular formula is C6H12O7. The van der Waals surface area contributed by atoms with Gasteiger partial charge in [-0.15, -0.1) is 0 Å². The standard InChI is InChI=1S/C6H12O7/c7-1-2(8)3(9)4(10)5(11)6(12)13/h2-5,7-11H,1H2,(H,12,13)/t2-,3-,4-,5-/m1/s1. The van der Waals surface area contributed by atoms with Gasteiger partial charge in [0.15, 0.2) is 6.10 Å². The van der Waals surface area contributed by atoms with Gasteiger partial charge in [0.1, 0.15) is 18.3 Å². The van der Waals surface area contributed by atoms with Crippen molar-refractivity contribution in [3.63, 3.8) is 0 Å². The molecule has 0 rings (SSSR count). The zero-order valence-corrected chi connectivity index (χ0v) is 6.61. The highest BCUT2D eigenvalue weighted by Gasteiger charge is 2.33. The predicted octanol–water partition coefficient (Wildman–Crippen LogP) is -3.49. The highest BCUT2D eigenvalue weighted by Crippen LogP contribution is 2.04. The summed E-state index contributed by atoms with van der Waals surface area (Å²) in [7, 11) is 0. The molecule has 0 amide bonds. The molecule has 0 bridgehead atoms. The van der Waals surface area contributed by atoms with Crippen molar-refractivity contribution >= 4 is 5.97 Å². The lowest BCUT2D eigenvalue weighted by molar-refractivity contribution is -0.164. The van der Waals surface area contributed by atoms with Crippen LogP contribution in [-0.4, -0.2) is 67.6 Å². The Morgan fingerprint density at radius 3 is 1.85 bits per heavy atom. The lowest BCUT2D eigenvalue weighted by Crippen LogP contribution is -2.48.